The van der Waals surface area contributed by atoms with Gasteiger partial charge in [-0.05, 0) is 11.1 Å². The molecule has 0 bridgehead atoms. The molecule has 0 spiro atoms. The minimum atomic E-state index is 0.952. The van der Waals surface area contributed by atoms with Crippen LogP contribution in [0.3, 0.4) is 0 Å². The standard InChI is InChI=1S/2C7H7Br/c2*8-6-7-4-2-1-3-5-7/h2*1-5H,6H2. The number of alkyl halides is 2. The zero-order valence-electron chi connectivity index (χ0n) is 8.94. The maximum atomic E-state index is 3.36. The van der Waals surface area contributed by atoms with Crippen molar-refractivity contribution in [1.29, 1.82) is 0 Å². The van der Waals surface area contributed by atoms with Crippen LogP contribution in [0.2, 0.25) is 0 Å². The number of hydrogen-bond donors (Lipinski definition) is 0. The average Bonchev–Trinajstić information content (AvgIpc) is 2.41. The molecule has 84 valence electrons. The van der Waals surface area contributed by atoms with E-state index in [2.05, 4.69) is 56.1 Å². The van der Waals surface area contributed by atoms with E-state index in [-0.39, 0.29) is 0 Å². The van der Waals surface area contributed by atoms with Crippen molar-refractivity contribution in [3.8, 4) is 0 Å². The van der Waals surface area contributed by atoms with Gasteiger partial charge in [0.15, 0.2) is 0 Å². The largest absolute Gasteiger partial charge is 0.0876 e. The van der Waals surface area contributed by atoms with E-state index < -0.39 is 0 Å². The van der Waals surface area contributed by atoms with Gasteiger partial charge < -0.3 is 0 Å². The molecule has 0 saturated carbocycles. The van der Waals surface area contributed by atoms with Crippen molar-refractivity contribution in [1.82, 2.24) is 0 Å². The van der Waals surface area contributed by atoms with E-state index in [1.165, 1.54) is 11.1 Å². The van der Waals surface area contributed by atoms with Gasteiger partial charge in [-0.25, -0.2) is 0 Å². The van der Waals surface area contributed by atoms with Crippen LogP contribution in [0.15, 0.2) is 60.7 Å². The van der Waals surface area contributed by atoms with E-state index in [9.17, 15) is 0 Å². The van der Waals surface area contributed by atoms with E-state index in [4.69, 9.17) is 0 Å². The van der Waals surface area contributed by atoms with Gasteiger partial charge in [0.2, 0.25) is 0 Å². The molecular formula is C14H14Br2. The summed E-state index contributed by atoms with van der Waals surface area (Å²) in [5.41, 5.74) is 2.65. The van der Waals surface area contributed by atoms with Gasteiger partial charge in [-0.15, -0.1) is 0 Å². The predicted molar refractivity (Wildman–Crippen MR) is 78.1 cm³/mol. The van der Waals surface area contributed by atoms with E-state index in [1.54, 1.807) is 0 Å². The summed E-state index contributed by atoms with van der Waals surface area (Å²) in [5.74, 6) is 0. The van der Waals surface area contributed by atoms with E-state index in [0.717, 1.165) is 10.7 Å². The van der Waals surface area contributed by atoms with Crippen molar-refractivity contribution in [2.45, 2.75) is 10.7 Å². The summed E-state index contributed by atoms with van der Waals surface area (Å²) in [6.45, 7) is 0. The maximum Gasteiger partial charge on any atom is 0.0283 e. The number of benzene rings is 2. The molecule has 0 aromatic heterocycles. The van der Waals surface area contributed by atoms with Crippen LogP contribution in [0.1, 0.15) is 11.1 Å². The normalized spacial score (nSPS) is 9.12. The second kappa shape index (κ2) is 8.54. The van der Waals surface area contributed by atoms with Crippen LogP contribution in [0.4, 0.5) is 0 Å². The lowest BCUT2D eigenvalue weighted by molar-refractivity contribution is 1.44. The van der Waals surface area contributed by atoms with Crippen molar-refractivity contribution in [2.24, 2.45) is 0 Å². The second-order valence-corrected chi connectivity index (χ2v) is 4.36. The highest BCUT2D eigenvalue weighted by Crippen LogP contribution is 2.03. The van der Waals surface area contributed by atoms with Crippen LogP contribution in [-0.2, 0) is 10.7 Å². The Morgan fingerprint density at radius 1 is 0.562 bits per heavy atom. The van der Waals surface area contributed by atoms with Crippen LogP contribution in [-0.4, -0.2) is 0 Å². The summed E-state index contributed by atoms with van der Waals surface area (Å²) in [7, 11) is 0. The molecule has 0 amide bonds. The highest BCUT2D eigenvalue weighted by atomic mass is 79.9. The Labute approximate surface area is 114 Å². The van der Waals surface area contributed by atoms with Crippen LogP contribution in [0.5, 0.6) is 0 Å². The molecule has 0 radical (unpaired) electrons. The zero-order chi connectivity index (χ0) is 11.6. The monoisotopic (exact) mass is 340 g/mol. The molecule has 0 fully saturated rings. The van der Waals surface area contributed by atoms with Crippen LogP contribution < -0.4 is 0 Å². The Morgan fingerprint density at radius 3 is 1.06 bits per heavy atom. The van der Waals surface area contributed by atoms with E-state index in [1.807, 2.05) is 36.4 Å². The lowest BCUT2D eigenvalue weighted by Crippen LogP contribution is -1.70. The highest BCUT2D eigenvalue weighted by Gasteiger charge is 1.82. The smallest absolute Gasteiger partial charge is 0.0283 e. The third kappa shape index (κ3) is 5.47. The average molecular weight is 342 g/mol. The summed E-state index contributed by atoms with van der Waals surface area (Å²) in [5, 5.41) is 1.90. The molecule has 0 atom stereocenters. The van der Waals surface area contributed by atoms with E-state index in [0.29, 0.717) is 0 Å². The first-order chi connectivity index (χ1) is 7.86. The molecule has 2 rings (SSSR count). The van der Waals surface area contributed by atoms with Gasteiger partial charge in [0.05, 0.1) is 0 Å². The number of halogens is 2. The fraction of sp³-hybridized carbons (Fsp3) is 0.143. The molecule has 2 aromatic carbocycles. The quantitative estimate of drug-likeness (QED) is 0.661. The van der Waals surface area contributed by atoms with Gasteiger partial charge in [0.25, 0.3) is 0 Å². The summed E-state index contributed by atoms with van der Waals surface area (Å²) in [6.07, 6.45) is 0. The molecule has 2 heteroatoms. The molecule has 0 aliphatic carbocycles. The molecule has 0 heterocycles. The van der Waals surface area contributed by atoms with Gasteiger partial charge in [0.1, 0.15) is 0 Å². The first kappa shape index (κ1) is 13.5. The summed E-state index contributed by atoms with van der Waals surface area (Å²) >= 11 is 6.71. The van der Waals surface area contributed by atoms with Crippen LogP contribution in [0, 0.1) is 0 Å². The number of rotatable bonds is 2. The van der Waals surface area contributed by atoms with Crippen LogP contribution in [0.25, 0.3) is 0 Å². The van der Waals surface area contributed by atoms with E-state index >= 15 is 0 Å². The fourth-order valence-electron chi connectivity index (χ4n) is 1.13. The summed E-state index contributed by atoms with van der Waals surface area (Å²) in [6, 6.07) is 20.6. The van der Waals surface area contributed by atoms with Gasteiger partial charge >= 0.3 is 0 Å². The first-order valence-electron chi connectivity index (χ1n) is 5.06. The minimum absolute atomic E-state index is 0.952. The minimum Gasteiger partial charge on any atom is -0.0876 e. The Morgan fingerprint density at radius 2 is 0.875 bits per heavy atom. The number of hydrogen-bond acceptors (Lipinski definition) is 0. The molecular weight excluding hydrogens is 328 g/mol. The fourth-order valence-corrected chi connectivity index (χ4v) is 1.88. The Kier molecular flexibility index (Phi) is 7.19. The third-order valence-electron chi connectivity index (χ3n) is 1.99. The highest BCUT2D eigenvalue weighted by molar-refractivity contribution is 9.08. The zero-order valence-corrected chi connectivity index (χ0v) is 12.1. The lowest BCUT2D eigenvalue weighted by Gasteiger charge is -1.88. The SMILES string of the molecule is BrCc1ccccc1.BrCc1ccccc1. The molecule has 0 aliphatic heterocycles. The van der Waals surface area contributed by atoms with Gasteiger partial charge in [-0.3, -0.25) is 0 Å². The molecule has 0 aliphatic rings. The molecule has 0 N–H and O–H groups in total. The third-order valence-corrected chi connectivity index (χ3v) is 3.29. The molecule has 16 heavy (non-hydrogen) atoms. The molecule has 2 aromatic rings. The summed E-state index contributed by atoms with van der Waals surface area (Å²) < 4.78 is 0. The molecule has 0 unspecified atom stereocenters. The molecule has 0 nitrogen and oxygen atoms in total. The lowest BCUT2D eigenvalue weighted by atomic mass is 10.2. The summed E-state index contributed by atoms with van der Waals surface area (Å²) in [4.78, 5) is 0. The van der Waals surface area contributed by atoms with Gasteiger partial charge in [-0.2, -0.15) is 0 Å². The van der Waals surface area contributed by atoms with Crippen molar-refractivity contribution < 1.29 is 0 Å². The second-order valence-electron chi connectivity index (χ2n) is 3.24. The maximum absolute atomic E-state index is 3.36. The Balaban J connectivity index is 0.000000160. The molecule has 0 saturated heterocycles. The van der Waals surface area contributed by atoms with Crippen molar-refractivity contribution >= 4 is 31.9 Å². The van der Waals surface area contributed by atoms with Gasteiger partial charge in [-0.1, -0.05) is 92.5 Å². The van der Waals surface area contributed by atoms with Crippen molar-refractivity contribution in [3.63, 3.8) is 0 Å². The Hall–Kier alpha value is -0.600. The topological polar surface area (TPSA) is 0 Å². The van der Waals surface area contributed by atoms with Crippen LogP contribution >= 0.6 is 31.9 Å². The van der Waals surface area contributed by atoms with Crippen molar-refractivity contribution in [3.05, 3.63) is 71.8 Å². The first-order valence-corrected chi connectivity index (χ1v) is 7.31. The predicted octanol–water partition coefficient (Wildman–Crippen LogP) is 5.16. The Bertz CT molecular complexity index is 331. The van der Waals surface area contributed by atoms with Crippen molar-refractivity contribution in [2.75, 3.05) is 0 Å². The van der Waals surface area contributed by atoms with Gasteiger partial charge in [0, 0.05) is 10.7 Å².